The summed E-state index contributed by atoms with van der Waals surface area (Å²) in [6, 6.07) is 5.92. The van der Waals surface area contributed by atoms with E-state index < -0.39 is 0 Å². The van der Waals surface area contributed by atoms with Crippen LogP contribution >= 0.6 is 0 Å². The van der Waals surface area contributed by atoms with Gasteiger partial charge in [0.15, 0.2) is 5.82 Å². The lowest BCUT2D eigenvalue weighted by Crippen LogP contribution is -2.53. The summed E-state index contributed by atoms with van der Waals surface area (Å²) in [5, 5.41) is 7.82. The topological polar surface area (TPSA) is 63.3 Å². The molecule has 6 nitrogen and oxygen atoms in total. The number of rotatable bonds is 6. The molecule has 6 heteroatoms. The summed E-state index contributed by atoms with van der Waals surface area (Å²) < 4.78 is 7.09. The average Bonchev–Trinajstić information content (AvgIpc) is 3.19. The first-order valence-electron chi connectivity index (χ1n) is 8.23. The van der Waals surface area contributed by atoms with Crippen LogP contribution in [0.25, 0.3) is 0 Å². The molecule has 2 atom stereocenters. The van der Waals surface area contributed by atoms with Crippen LogP contribution in [0, 0.1) is 0 Å². The first-order chi connectivity index (χ1) is 11.1. The zero-order chi connectivity index (χ0) is 16.2. The zero-order valence-corrected chi connectivity index (χ0v) is 13.7. The molecular weight excluding hydrogens is 292 g/mol. The van der Waals surface area contributed by atoms with E-state index in [0.29, 0.717) is 0 Å². The number of nitrogens with one attached hydrogen (secondary N) is 1. The van der Waals surface area contributed by atoms with Crippen LogP contribution < -0.4 is 10.2 Å². The van der Waals surface area contributed by atoms with Gasteiger partial charge in [0.25, 0.3) is 0 Å². The van der Waals surface area contributed by atoms with Crippen molar-refractivity contribution in [1.82, 2.24) is 15.1 Å². The normalized spacial score (nSPS) is 20.0. The molecule has 0 spiro atoms. The minimum atomic E-state index is -0.127. The van der Waals surface area contributed by atoms with Gasteiger partial charge in [-0.15, -0.1) is 0 Å². The van der Waals surface area contributed by atoms with Gasteiger partial charge >= 0.3 is 0 Å². The Morgan fingerprint density at radius 2 is 2.35 bits per heavy atom. The second kappa shape index (κ2) is 7.00. The van der Waals surface area contributed by atoms with E-state index in [2.05, 4.69) is 17.3 Å². The Labute approximate surface area is 136 Å². The fourth-order valence-corrected chi connectivity index (χ4v) is 3.04. The number of hydrogen-bond acceptors (Lipinski definition) is 4. The first kappa shape index (κ1) is 15.8. The molecule has 1 aliphatic heterocycles. The smallest absolute Gasteiger partial charge is 0.245 e. The van der Waals surface area contributed by atoms with Gasteiger partial charge in [-0.1, -0.05) is 0 Å². The van der Waals surface area contributed by atoms with Crippen LogP contribution in [0.4, 0.5) is 5.82 Å². The molecule has 124 valence electrons. The van der Waals surface area contributed by atoms with Crippen molar-refractivity contribution in [3.8, 4) is 0 Å². The highest BCUT2D eigenvalue weighted by molar-refractivity contribution is 5.97. The fraction of sp³-hybridized carbons (Fsp3) is 0.529. The molecule has 1 fully saturated rings. The summed E-state index contributed by atoms with van der Waals surface area (Å²) >= 11 is 0. The number of aryl methyl sites for hydroxylation is 2. The number of nitrogens with zero attached hydrogens (tertiary/aromatic N) is 3. The number of piperidine rings is 1. The van der Waals surface area contributed by atoms with Gasteiger partial charge in [-0.3, -0.25) is 14.4 Å². The van der Waals surface area contributed by atoms with Crippen LogP contribution in [0.2, 0.25) is 0 Å². The van der Waals surface area contributed by atoms with Crippen molar-refractivity contribution in [2.75, 3.05) is 11.4 Å². The van der Waals surface area contributed by atoms with E-state index in [0.717, 1.165) is 43.8 Å². The summed E-state index contributed by atoms with van der Waals surface area (Å²) in [6.45, 7) is 2.87. The third-order valence-corrected chi connectivity index (χ3v) is 4.30. The molecule has 2 aromatic heterocycles. The molecule has 1 aliphatic rings. The molecule has 3 heterocycles. The zero-order valence-electron chi connectivity index (χ0n) is 13.7. The predicted octanol–water partition coefficient (Wildman–Crippen LogP) is 2.12. The first-order valence-corrected chi connectivity index (χ1v) is 8.23. The van der Waals surface area contributed by atoms with Gasteiger partial charge in [0.2, 0.25) is 5.91 Å². The number of hydrogen-bond donors (Lipinski definition) is 1. The van der Waals surface area contributed by atoms with Crippen molar-refractivity contribution in [3.05, 3.63) is 36.4 Å². The minimum Gasteiger partial charge on any atom is -0.469 e. The maximum Gasteiger partial charge on any atom is 0.245 e. The van der Waals surface area contributed by atoms with Crippen LogP contribution in [-0.4, -0.2) is 34.3 Å². The molecule has 0 saturated carbocycles. The second-order valence-corrected chi connectivity index (χ2v) is 6.22. The van der Waals surface area contributed by atoms with Crippen LogP contribution in [0.15, 0.2) is 35.1 Å². The van der Waals surface area contributed by atoms with Gasteiger partial charge in [-0.25, -0.2) is 0 Å². The van der Waals surface area contributed by atoms with E-state index in [4.69, 9.17) is 4.42 Å². The standard InChI is InChI=1S/C17H24N4O2/c1-13(7-8-14-5-4-12-23-14)18-15-6-3-10-21(17(15)22)16-9-11-20(2)19-16/h4-5,9,11-13,15,18H,3,6-8,10H2,1-2H3/t13-,15-/m1/s1. The SMILES string of the molecule is C[C@H](CCc1ccco1)N[C@@H]1CCCN(c2ccn(C)n2)C1=O. The molecule has 2 aromatic rings. The van der Waals surface area contributed by atoms with Crippen molar-refractivity contribution >= 4 is 11.7 Å². The molecule has 0 bridgehead atoms. The lowest BCUT2D eigenvalue weighted by molar-refractivity contribution is -0.122. The molecule has 0 radical (unpaired) electrons. The molecule has 23 heavy (non-hydrogen) atoms. The predicted molar refractivity (Wildman–Crippen MR) is 88.2 cm³/mol. The summed E-state index contributed by atoms with van der Waals surface area (Å²) in [6.07, 6.45) is 7.26. The number of aromatic nitrogens is 2. The number of furan rings is 1. The Morgan fingerprint density at radius 3 is 3.04 bits per heavy atom. The second-order valence-electron chi connectivity index (χ2n) is 6.22. The van der Waals surface area contributed by atoms with Crippen molar-refractivity contribution in [1.29, 1.82) is 0 Å². The lowest BCUT2D eigenvalue weighted by atomic mass is 10.0. The monoisotopic (exact) mass is 316 g/mol. The molecule has 1 N–H and O–H groups in total. The summed E-state index contributed by atoms with van der Waals surface area (Å²) in [7, 11) is 1.87. The molecular formula is C17H24N4O2. The van der Waals surface area contributed by atoms with Gasteiger partial charge < -0.3 is 9.73 Å². The number of amides is 1. The largest absolute Gasteiger partial charge is 0.469 e. The molecule has 0 aliphatic carbocycles. The fourth-order valence-electron chi connectivity index (χ4n) is 3.04. The Bertz CT molecular complexity index is 635. The van der Waals surface area contributed by atoms with E-state index >= 15 is 0 Å². The van der Waals surface area contributed by atoms with E-state index in [9.17, 15) is 4.79 Å². The van der Waals surface area contributed by atoms with E-state index in [1.54, 1.807) is 15.8 Å². The van der Waals surface area contributed by atoms with Crippen LogP contribution in [0.5, 0.6) is 0 Å². The quantitative estimate of drug-likeness (QED) is 0.886. The lowest BCUT2D eigenvalue weighted by Gasteiger charge is -2.32. The Balaban J connectivity index is 1.55. The van der Waals surface area contributed by atoms with Crippen molar-refractivity contribution < 1.29 is 9.21 Å². The maximum atomic E-state index is 12.7. The number of anilines is 1. The summed E-state index contributed by atoms with van der Waals surface area (Å²) in [4.78, 5) is 14.5. The Hall–Kier alpha value is -2.08. The van der Waals surface area contributed by atoms with Gasteiger partial charge in [0, 0.05) is 38.3 Å². The van der Waals surface area contributed by atoms with E-state index in [1.807, 2.05) is 31.4 Å². The molecule has 1 amide bonds. The average molecular weight is 316 g/mol. The highest BCUT2D eigenvalue weighted by atomic mass is 16.3. The van der Waals surface area contributed by atoms with E-state index in [-0.39, 0.29) is 18.0 Å². The van der Waals surface area contributed by atoms with Crippen LogP contribution in [0.1, 0.15) is 31.9 Å². The number of carbonyl (C=O) groups excluding carboxylic acids is 1. The van der Waals surface area contributed by atoms with Crippen molar-refractivity contribution in [2.24, 2.45) is 7.05 Å². The van der Waals surface area contributed by atoms with Gasteiger partial charge in [0.1, 0.15) is 5.76 Å². The van der Waals surface area contributed by atoms with Crippen LogP contribution in [0.3, 0.4) is 0 Å². The number of carbonyl (C=O) groups is 1. The highest BCUT2D eigenvalue weighted by Crippen LogP contribution is 2.19. The molecule has 0 unspecified atom stereocenters. The van der Waals surface area contributed by atoms with Gasteiger partial charge in [-0.2, -0.15) is 5.10 Å². The third-order valence-electron chi connectivity index (χ3n) is 4.30. The van der Waals surface area contributed by atoms with E-state index in [1.165, 1.54) is 0 Å². The highest BCUT2D eigenvalue weighted by Gasteiger charge is 2.31. The minimum absolute atomic E-state index is 0.125. The molecule has 0 aromatic carbocycles. The van der Waals surface area contributed by atoms with Gasteiger partial charge in [0.05, 0.1) is 12.3 Å². The van der Waals surface area contributed by atoms with Crippen molar-refractivity contribution in [2.45, 2.75) is 44.7 Å². The summed E-state index contributed by atoms with van der Waals surface area (Å²) in [5.41, 5.74) is 0. The maximum absolute atomic E-state index is 12.7. The third kappa shape index (κ3) is 3.82. The van der Waals surface area contributed by atoms with Crippen LogP contribution in [-0.2, 0) is 18.3 Å². The summed E-state index contributed by atoms with van der Waals surface area (Å²) in [5.74, 6) is 1.86. The molecule has 1 saturated heterocycles. The Kier molecular flexibility index (Phi) is 4.81. The molecule has 3 rings (SSSR count). The van der Waals surface area contributed by atoms with Gasteiger partial charge in [-0.05, 0) is 38.3 Å². The Morgan fingerprint density at radius 1 is 1.48 bits per heavy atom. The van der Waals surface area contributed by atoms with Crippen molar-refractivity contribution in [3.63, 3.8) is 0 Å².